The maximum atomic E-state index is 6.59. The number of pyridine rings is 1. The topological polar surface area (TPSA) is 44.9 Å². The quantitative estimate of drug-likeness (QED) is 0.150. The Bertz CT molecular complexity index is 2810. The van der Waals surface area contributed by atoms with E-state index in [0.29, 0.717) is 11.5 Å². The fraction of sp³-hybridized carbons (Fsp3) is 0.143. The Labute approximate surface area is 336 Å². The zero-order valence-electron chi connectivity index (χ0n) is 31.4. The Balaban J connectivity index is 0.00000427. The van der Waals surface area contributed by atoms with Crippen LogP contribution in [0.1, 0.15) is 51.3 Å². The minimum absolute atomic E-state index is 0. The minimum Gasteiger partial charge on any atom is -0.503 e. The molecule has 0 aliphatic carbocycles. The summed E-state index contributed by atoms with van der Waals surface area (Å²) in [6, 6.07) is 57.6. The van der Waals surface area contributed by atoms with E-state index < -0.39 is 0 Å². The third kappa shape index (κ3) is 6.57. The molecule has 5 nitrogen and oxygen atoms in total. The summed E-state index contributed by atoms with van der Waals surface area (Å²) in [4.78, 5) is 9.95. The molecule has 55 heavy (non-hydrogen) atoms. The average Bonchev–Trinajstić information content (AvgIpc) is 3.74. The summed E-state index contributed by atoms with van der Waals surface area (Å²) < 4.78 is 11.0. The molecule has 0 aliphatic rings. The maximum Gasteiger partial charge on any atom is 2.00 e. The van der Waals surface area contributed by atoms with Crippen LogP contribution in [0.15, 0.2) is 152 Å². The van der Waals surface area contributed by atoms with Gasteiger partial charge in [-0.05, 0) is 70.0 Å². The van der Waals surface area contributed by atoms with Crippen LogP contribution in [-0.2, 0) is 31.9 Å². The van der Waals surface area contributed by atoms with Gasteiger partial charge in [0.25, 0.3) is 0 Å². The third-order valence-corrected chi connectivity index (χ3v) is 10.5. The molecule has 6 heteroatoms. The van der Waals surface area contributed by atoms with Gasteiger partial charge in [-0.1, -0.05) is 119 Å². The van der Waals surface area contributed by atoms with E-state index in [1.165, 1.54) is 16.7 Å². The number of aromatic nitrogens is 4. The first kappa shape index (κ1) is 36.2. The summed E-state index contributed by atoms with van der Waals surface area (Å²) in [6.45, 7) is 11.3. The summed E-state index contributed by atoms with van der Waals surface area (Å²) in [5.74, 6) is 2.82. The van der Waals surface area contributed by atoms with Crippen molar-refractivity contribution in [2.75, 3.05) is 0 Å². The van der Waals surface area contributed by atoms with Crippen molar-refractivity contribution in [3.8, 4) is 34.4 Å². The normalized spacial score (nSPS) is 11.9. The Morgan fingerprint density at radius 2 is 1.29 bits per heavy atom. The van der Waals surface area contributed by atoms with E-state index in [1.807, 2.05) is 66.9 Å². The molecular weight excluding hydrogens is 856 g/mol. The molecule has 6 aromatic carbocycles. The molecule has 0 radical (unpaired) electrons. The van der Waals surface area contributed by atoms with Crippen LogP contribution >= 0.6 is 0 Å². The second-order valence-electron chi connectivity index (χ2n) is 15.4. The fourth-order valence-electron chi connectivity index (χ4n) is 7.44. The molecule has 9 rings (SSSR count). The molecule has 272 valence electrons. The van der Waals surface area contributed by atoms with Gasteiger partial charge in [0.1, 0.15) is 5.82 Å². The van der Waals surface area contributed by atoms with Gasteiger partial charge in [0.2, 0.25) is 0 Å². The SMILES string of the molecule is CC(C)(C)c1ccnc(-n2c3[c-]c(Oc4[c-]c(-c5nc6ccccc6n5-c5ccccc5)ccc4)ccc3c3cc(C(C)(C)c4ccccc4)ccc32)c1.[Pt+2]. The van der Waals surface area contributed by atoms with E-state index in [-0.39, 0.29) is 31.9 Å². The molecule has 0 spiro atoms. The molecule has 3 heterocycles. The van der Waals surface area contributed by atoms with E-state index in [1.54, 1.807) is 0 Å². The van der Waals surface area contributed by atoms with Crippen LogP contribution in [0.3, 0.4) is 0 Å². The zero-order valence-corrected chi connectivity index (χ0v) is 33.7. The number of ether oxygens (including phenoxy) is 1. The number of imidazole rings is 1. The zero-order chi connectivity index (χ0) is 37.0. The molecule has 0 bridgehead atoms. The second kappa shape index (κ2) is 14.1. The van der Waals surface area contributed by atoms with Crippen molar-refractivity contribution in [1.82, 2.24) is 19.1 Å². The fourth-order valence-corrected chi connectivity index (χ4v) is 7.44. The van der Waals surface area contributed by atoms with E-state index >= 15 is 0 Å². The first-order valence-electron chi connectivity index (χ1n) is 18.4. The van der Waals surface area contributed by atoms with Gasteiger partial charge in [-0.25, -0.2) is 4.98 Å². The van der Waals surface area contributed by atoms with Gasteiger partial charge in [-0.15, -0.1) is 41.3 Å². The van der Waals surface area contributed by atoms with Crippen LogP contribution in [0.2, 0.25) is 0 Å². The van der Waals surface area contributed by atoms with Gasteiger partial charge in [0, 0.05) is 34.3 Å². The third-order valence-electron chi connectivity index (χ3n) is 10.5. The van der Waals surface area contributed by atoms with Crippen molar-refractivity contribution in [2.24, 2.45) is 0 Å². The number of para-hydroxylation sites is 3. The van der Waals surface area contributed by atoms with Crippen molar-refractivity contribution in [3.63, 3.8) is 0 Å². The molecule has 0 aliphatic heterocycles. The average molecular weight is 896 g/mol. The number of benzene rings is 6. The number of nitrogens with zero attached hydrogens (tertiary/aromatic N) is 4. The van der Waals surface area contributed by atoms with Crippen LogP contribution in [0.25, 0.3) is 55.7 Å². The summed E-state index contributed by atoms with van der Waals surface area (Å²) >= 11 is 0. The van der Waals surface area contributed by atoms with E-state index in [4.69, 9.17) is 14.7 Å². The predicted octanol–water partition coefficient (Wildman–Crippen LogP) is 12.2. The molecule has 9 aromatic rings. The Kier molecular flexibility index (Phi) is 9.31. The summed E-state index contributed by atoms with van der Waals surface area (Å²) in [5, 5.41) is 2.23. The molecule has 0 saturated carbocycles. The molecular formula is C49H40N4OPt. The Morgan fingerprint density at radius 1 is 0.564 bits per heavy atom. The first-order valence-corrected chi connectivity index (χ1v) is 18.4. The van der Waals surface area contributed by atoms with E-state index in [2.05, 4.69) is 141 Å². The Morgan fingerprint density at radius 3 is 2.07 bits per heavy atom. The number of hydrogen-bond donors (Lipinski definition) is 0. The van der Waals surface area contributed by atoms with Gasteiger partial charge < -0.3 is 13.9 Å². The van der Waals surface area contributed by atoms with Crippen molar-refractivity contribution < 1.29 is 25.8 Å². The first-order chi connectivity index (χ1) is 26.1. The van der Waals surface area contributed by atoms with E-state index in [0.717, 1.165) is 55.7 Å². The van der Waals surface area contributed by atoms with Gasteiger partial charge in [-0.3, -0.25) is 4.98 Å². The summed E-state index contributed by atoms with van der Waals surface area (Å²) in [5.41, 5.74) is 9.28. The standard InChI is InChI=1S/C49H40N4O.Pt/c1-48(2,3)35-27-28-50-46(31-35)53-43-26-23-36(49(4,5)34-16-8-6-9-17-34)30-41(43)40-25-24-39(32-45(40)53)54-38-20-14-15-33(29-38)47-51-42-21-12-13-22-44(42)52(47)37-18-10-7-11-19-37;/h6-28,30-31H,1-5H3;/q-2;+2. The molecule has 0 N–H and O–H groups in total. The van der Waals surface area contributed by atoms with Crippen LogP contribution in [0.4, 0.5) is 0 Å². The molecule has 0 atom stereocenters. The summed E-state index contributed by atoms with van der Waals surface area (Å²) in [6.07, 6.45) is 1.91. The number of rotatable bonds is 7. The summed E-state index contributed by atoms with van der Waals surface area (Å²) in [7, 11) is 0. The monoisotopic (exact) mass is 895 g/mol. The minimum atomic E-state index is -0.192. The Hall–Kier alpha value is -5.77. The van der Waals surface area contributed by atoms with E-state index in [9.17, 15) is 0 Å². The van der Waals surface area contributed by atoms with Crippen molar-refractivity contribution in [1.29, 1.82) is 0 Å². The van der Waals surface area contributed by atoms with Crippen LogP contribution < -0.4 is 4.74 Å². The second-order valence-corrected chi connectivity index (χ2v) is 15.4. The molecule has 0 saturated heterocycles. The number of hydrogen-bond acceptors (Lipinski definition) is 3. The maximum absolute atomic E-state index is 6.59. The molecule has 0 fully saturated rings. The van der Waals surface area contributed by atoms with Crippen molar-refractivity contribution >= 4 is 32.8 Å². The van der Waals surface area contributed by atoms with Crippen molar-refractivity contribution in [3.05, 3.63) is 181 Å². The van der Waals surface area contributed by atoms with Crippen LogP contribution in [-0.4, -0.2) is 19.1 Å². The smallest absolute Gasteiger partial charge is 0.503 e. The molecule has 3 aromatic heterocycles. The van der Waals surface area contributed by atoms with Gasteiger partial charge >= 0.3 is 21.1 Å². The van der Waals surface area contributed by atoms with Gasteiger partial charge in [0.15, 0.2) is 0 Å². The van der Waals surface area contributed by atoms with Gasteiger partial charge in [0.05, 0.1) is 16.9 Å². The van der Waals surface area contributed by atoms with Crippen LogP contribution in [0, 0.1) is 12.1 Å². The van der Waals surface area contributed by atoms with Crippen LogP contribution in [0.5, 0.6) is 11.5 Å². The molecule has 0 amide bonds. The molecule has 0 unspecified atom stereocenters. The predicted molar refractivity (Wildman–Crippen MR) is 220 cm³/mol. The largest absolute Gasteiger partial charge is 2.00 e. The van der Waals surface area contributed by atoms with Crippen molar-refractivity contribution in [2.45, 2.75) is 45.4 Å². The number of fused-ring (bicyclic) bond motifs is 4. The van der Waals surface area contributed by atoms with Gasteiger partial charge in [-0.2, -0.15) is 6.07 Å².